The average molecular weight is 276 g/mol. The minimum atomic E-state index is -0.936. The van der Waals surface area contributed by atoms with Crippen LogP contribution >= 0.6 is 11.6 Å². The van der Waals surface area contributed by atoms with Gasteiger partial charge in [-0.15, -0.1) is 0 Å². The van der Waals surface area contributed by atoms with E-state index in [1.54, 1.807) is 18.2 Å². The van der Waals surface area contributed by atoms with Crippen LogP contribution in [0.15, 0.2) is 36.4 Å². The molecular weight excluding hydrogens is 262 g/mol. The molecule has 4 heteroatoms. The summed E-state index contributed by atoms with van der Waals surface area (Å²) in [7, 11) is 0. The van der Waals surface area contributed by atoms with Crippen molar-refractivity contribution in [1.82, 2.24) is 4.98 Å². The van der Waals surface area contributed by atoms with Gasteiger partial charge in [0.1, 0.15) is 0 Å². The van der Waals surface area contributed by atoms with Crippen molar-refractivity contribution < 1.29 is 9.90 Å². The lowest BCUT2D eigenvalue weighted by atomic mass is 10.1. The maximum Gasteiger partial charge on any atom is 0.337 e. The molecule has 0 saturated heterocycles. The van der Waals surface area contributed by atoms with Gasteiger partial charge in [0.05, 0.1) is 17.0 Å². The van der Waals surface area contributed by atoms with Gasteiger partial charge in [-0.3, -0.25) is 4.98 Å². The Morgan fingerprint density at radius 1 is 1.32 bits per heavy atom. The Morgan fingerprint density at radius 3 is 2.74 bits per heavy atom. The van der Waals surface area contributed by atoms with E-state index in [9.17, 15) is 4.79 Å². The zero-order valence-electron chi connectivity index (χ0n) is 10.6. The van der Waals surface area contributed by atoms with E-state index in [0.29, 0.717) is 17.1 Å². The Labute approximate surface area is 116 Å². The Bertz CT molecular complexity index is 611. The number of hydrogen-bond acceptors (Lipinski definition) is 2. The molecule has 0 unspecified atom stereocenters. The summed E-state index contributed by atoms with van der Waals surface area (Å²) in [5, 5.41) is 9.77. The van der Waals surface area contributed by atoms with E-state index in [1.807, 2.05) is 25.1 Å². The van der Waals surface area contributed by atoms with Gasteiger partial charge in [-0.2, -0.15) is 0 Å². The summed E-state index contributed by atoms with van der Waals surface area (Å²) in [6, 6.07) is 10.7. The summed E-state index contributed by atoms with van der Waals surface area (Å²) in [6.07, 6.45) is 1.50. The van der Waals surface area contributed by atoms with Crippen LogP contribution in [-0.2, 0) is 6.42 Å². The minimum absolute atomic E-state index is 0.271. The number of aromatic carboxylic acids is 1. The SMILES string of the molecule is CCCc1nc(-c2cccc(Cl)c2)ccc1C(=O)O. The van der Waals surface area contributed by atoms with Gasteiger partial charge in [-0.25, -0.2) is 4.79 Å². The Kier molecular flexibility index (Phi) is 4.17. The number of carbonyl (C=O) groups is 1. The molecule has 2 rings (SSSR count). The highest BCUT2D eigenvalue weighted by atomic mass is 35.5. The number of halogens is 1. The number of pyridine rings is 1. The quantitative estimate of drug-likeness (QED) is 0.916. The number of rotatable bonds is 4. The van der Waals surface area contributed by atoms with Crippen molar-refractivity contribution in [2.75, 3.05) is 0 Å². The average Bonchev–Trinajstić information content (AvgIpc) is 2.39. The minimum Gasteiger partial charge on any atom is -0.478 e. The van der Waals surface area contributed by atoms with Crippen molar-refractivity contribution in [3.05, 3.63) is 52.7 Å². The molecule has 98 valence electrons. The van der Waals surface area contributed by atoms with Gasteiger partial charge < -0.3 is 5.11 Å². The third-order valence-corrected chi connectivity index (χ3v) is 3.05. The number of carboxylic acids is 1. The highest BCUT2D eigenvalue weighted by Crippen LogP contribution is 2.23. The second-order valence-corrected chi connectivity index (χ2v) is 4.69. The van der Waals surface area contributed by atoms with E-state index in [4.69, 9.17) is 16.7 Å². The van der Waals surface area contributed by atoms with Crippen LogP contribution < -0.4 is 0 Å². The highest BCUT2D eigenvalue weighted by Gasteiger charge is 2.12. The topological polar surface area (TPSA) is 50.2 Å². The first kappa shape index (κ1) is 13.6. The van der Waals surface area contributed by atoms with E-state index in [1.165, 1.54) is 0 Å². The van der Waals surface area contributed by atoms with Crippen LogP contribution in [0.2, 0.25) is 5.02 Å². The molecule has 3 nitrogen and oxygen atoms in total. The first-order chi connectivity index (χ1) is 9.11. The molecule has 1 heterocycles. The Balaban J connectivity index is 2.48. The second kappa shape index (κ2) is 5.85. The fourth-order valence-electron chi connectivity index (χ4n) is 1.93. The molecule has 19 heavy (non-hydrogen) atoms. The van der Waals surface area contributed by atoms with Crippen molar-refractivity contribution in [3.8, 4) is 11.3 Å². The first-order valence-corrected chi connectivity index (χ1v) is 6.48. The predicted octanol–water partition coefficient (Wildman–Crippen LogP) is 4.05. The number of benzene rings is 1. The molecule has 0 atom stereocenters. The van der Waals surface area contributed by atoms with Crippen LogP contribution in [-0.4, -0.2) is 16.1 Å². The van der Waals surface area contributed by atoms with Crippen LogP contribution in [0.25, 0.3) is 11.3 Å². The summed E-state index contributed by atoms with van der Waals surface area (Å²) in [6.45, 7) is 2.00. The Morgan fingerprint density at radius 2 is 2.11 bits per heavy atom. The van der Waals surface area contributed by atoms with E-state index < -0.39 is 5.97 Å². The monoisotopic (exact) mass is 275 g/mol. The van der Waals surface area contributed by atoms with Crippen LogP contribution in [0.3, 0.4) is 0 Å². The van der Waals surface area contributed by atoms with Gasteiger partial charge in [0.2, 0.25) is 0 Å². The Hall–Kier alpha value is -1.87. The molecular formula is C15H14ClNO2. The summed E-state index contributed by atoms with van der Waals surface area (Å²) < 4.78 is 0. The van der Waals surface area contributed by atoms with Crippen molar-refractivity contribution in [3.63, 3.8) is 0 Å². The standard InChI is InChI=1S/C15H14ClNO2/c1-2-4-14-12(15(18)19)7-8-13(17-14)10-5-3-6-11(16)9-10/h3,5-9H,2,4H2,1H3,(H,18,19). The van der Waals surface area contributed by atoms with Crippen molar-refractivity contribution in [1.29, 1.82) is 0 Å². The van der Waals surface area contributed by atoms with E-state index in [-0.39, 0.29) is 5.56 Å². The zero-order chi connectivity index (χ0) is 13.8. The number of hydrogen-bond donors (Lipinski definition) is 1. The molecule has 0 aliphatic heterocycles. The van der Waals surface area contributed by atoms with Crippen LogP contribution in [0.4, 0.5) is 0 Å². The van der Waals surface area contributed by atoms with Gasteiger partial charge in [-0.1, -0.05) is 37.1 Å². The lowest BCUT2D eigenvalue weighted by molar-refractivity contribution is 0.0695. The molecule has 1 N–H and O–H groups in total. The van der Waals surface area contributed by atoms with Gasteiger partial charge in [0.25, 0.3) is 0 Å². The maximum absolute atomic E-state index is 11.1. The summed E-state index contributed by atoms with van der Waals surface area (Å²) in [4.78, 5) is 15.6. The lowest BCUT2D eigenvalue weighted by Crippen LogP contribution is -2.05. The molecule has 0 amide bonds. The molecule has 0 bridgehead atoms. The summed E-state index contributed by atoms with van der Waals surface area (Å²) in [5.74, 6) is -0.936. The fourth-order valence-corrected chi connectivity index (χ4v) is 2.12. The second-order valence-electron chi connectivity index (χ2n) is 4.26. The first-order valence-electron chi connectivity index (χ1n) is 6.11. The van der Waals surface area contributed by atoms with Gasteiger partial charge in [-0.05, 0) is 30.7 Å². The van der Waals surface area contributed by atoms with Crippen LogP contribution in [0, 0.1) is 0 Å². The molecule has 2 aromatic rings. The predicted molar refractivity (Wildman–Crippen MR) is 75.6 cm³/mol. The highest BCUT2D eigenvalue weighted by molar-refractivity contribution is 6.30. The lowest BCUT2D eigenvalue weighted by Gasteiger charge is -2.08. The number of carboxylic acid groups (broad SMARTS) is 1. The molecule has 0 aliphatic carbocycles. The third-order valence-electron chi connectivity index (χ3n) is 2.81. The molecule has 0 saturated carbocycles. The van der Waals surface area contributed by atoms with E-state index >= 15 is 0 Å². The molecule has 0 radical (unpaired) electrons. The summed E-state index contributed by atoms with van der Waals surface area (Å²) in [5.41, 5.74) is 2.53. The molecule has 0 spiro atoms. The molecule has 0 fully saturated rings. The number of aromatic nitrogens is 1. The number of nitrogens with zero attached hydrogens (tertiary/aromatic N) is 1. The van der Waals surface area contributed by atoms with Crippen LogP contribution in [0.1, 0.15) is 29.4 Å². The number of aryl methyl sites for hydroxylation is 1. The fraction of sp³-hybridized carbons (Fsp3) is 0.200. The normalized spacial score (nSPS) is 10.4. The van der Waals surface area contributed by atoms with Crippen LogP contribution in [0.5, 0.6) is 0 Å². The largest absolute Gasteiger partial charge is 0.478 e. The molecule has 1 aromatic carbocycles. The maximum atomic E-state index is 11.1. The van der Waals surface area contributed by atoms with Gasteiger partial charge in [0.15, 0.2) is 0 Å². The van der Waals surface area contributed by atoms with Crippen molar-refractivity contribution >= 4 is 17.6 Å². The zero-order valence-corrected chi connectivity index (χ0v) is 11.3. The van der Waals surface area contributed by atoms with Crippen molar-refractivity contribution in [2.45, 2.75) is 19.8 Å². The van der Waals surface area contributed by atoms with Gasteiger partial charge >= 0.3 is 5.97 Å². The molecule has 1 aromatic heterocycles. The van der Waals surface area contributed by atoms with E-state index in [2.05, 4.69) is 4.98 Å². The molecule has 0 aliphatic rings. The van der Waals surface area contributed by atoms with Gasteiger partial charge in [0, 0.05) is 10.6 Å². The third kappa shape index (κ3) is 3.12. The summed E-state index contributed by atoms with van der Waals surface area (Å²) >= 11 is 5.96. The van der Waals surface area contributed by atoms with Crippen molar-refractivity contribution in [2.24, 2.45) is 0 Å². The van der Waals surface area contributed by atoms with E-state index in [0.717, 1.165) is 17.7 Å². The smallest absolute Gasteiger partial charge is 0.337 e.